The number of ether oxygens (including phenoxy) is 3. The summed E-state index contributed by atoms with van der Waals surface area (Å²) in [6.07, 6.45) is 2.15. The summed E-state index contributed by atoms with van der Waals surface area (Å²) in [5.74, 6) is -0.527. The van der Waals surface area contributed by atoms with Crippen molar-refractivity contribution >= 4 is 23.7 Å². The van der Waals surface area contributed by atoms with Gasteiger partial charge in [0.1, 0.15) is 17.7 Å². The number of anilines is 1. The molecule has 0 saturated carbocycles. The van der Waals surface area contributed by atoms with Crippen LogP contribution in [-0.4, -0.2) is 67.4 Å². The molecule has 1 amide bonds. The number of hydrogen-bond acceptors (Lipinski definition) is 8. The highest BCUT2D eigenvalue weighted by molar-refractivity contribution is 5.93. The van der Waals surface area contributed by atoms with Crippen molar-refractivity contribution in [3.05, 3.63) is 53.6 Å². The minimum Gasteiger partial charge on any atom is -0.465 e. The lowest BCUT2D eigenvalue weighted by Gasteiger charge is -2.34. The van der Waals surface area contributed by atoms with E-state index in [1.165, 1.54) is 7.11 Å². The summed E-state index contributed by atoms with van der Waals surface area (Å²) >= 11 is 0. The Morgan fingerprint density at radius 2 is 1.62 bits per heavy atom. The summed E-state index contributed by atoms with van der Waals surface area (Å²) in [6.45, 7) is 12.8. The number of carbonyl (C=O) groups is 3. The summed E-state index contributed by atoms with van der Waals surface area (Å²) < 4.78 is 16.2. The zero-order valence-corrected chi connectivity index (χ0v) is 25.9. The number of likely N-dealkylation sites (tertiary alicyclic amines) is 1. The van der Waals surface area contributed by atoms with Gasteiger partial charge in [0.05, 0.1) is 24.3 Å². The van der Waals surface area contributed by atoms with Crippen molar-refractivity contribution in [2.75, 3.05) is 38.2 Å². The van der Waals surface area contributed by atoms with Crippen LogP contribution in [0.25, 0.3) is 11.1 Å². The van der Waals surface area contributed by atoms with Crippen molar-refractivity contribution < 1.29 is 28.6 Å². The maximum absolute atomic E-state index is 13.0. The molecule has 1 fully saturated rings. The molecule has 2 aromatic rings. The molecule has 2 aromatic carbocycles. The molecular weight excluding hydrogens is 534 g/mol. The molecule has 226 valence electrons. The van der Waals surface area contributed by atoms with E-state index in [0.29, 0.717) is 42.4 Å². The number of esters is 2. The molecule has 9 nitrogen and oxygen atoms in total. The van der Waals surface area contributed by atoms with Gasteiger partial charge in [-0.15, -0.1) is 0 Å². The van der Waals surface area contributed by atoms with Crippen LogP contribution in [0, 0.1) is 17.2 Å². The third-order valence-electron chi connectivity index (χ3n) is 6.84. The van der Waals surface area contributed by atoms with Gasteiger partial charge < -0.3 is 24.0 Å². The highest BCUT2D eigenvalue weighted by Gasteiger charge is 2.28. The van der Waals surface area contributed by atoms with E-state index < -0.39 is 17.2 Å². The van der Waals surface area contributed by atoms with E-state index in [-0.39, 0.29) is 18.6 Å². The molecule has 0 aromatic heterocycles. The Morgan fingerprint density at radius 1 is 0.952 bits per heavy atom. The predicted molar refractivity (Wildman–Crippen MR) is 161 cm³/mol. The first-order valence-corrected chi connectivity index (χ1v) is 14.4. The summed E-state index contributed by atoms with van der Waals surface area (Å²) in [5, 5.41) is 9.40. The van der Waals surface area contributed by atoms with Crippen molar-refractivity contribution in [2.24, 2.45) is 5.92 Å². The lowest BCUT2D eigenvalue weighted by molar-refractivity contribution is -0.153. The number of rotatable bonds is 8. The lowest BCUT2D eigenvalue weighted by Crippen LogP contribution is -2.42. The van der Waals surface area contributed by atoms with Gasteiger partial charge in [0.25, 0.3) is 0 Å². The Labute approximate surface area is 249 Å². The van der Waals surface area contributed by atoms with Crippen LogP contribution in [0.4, 0.5) is 10.5 Å². The first-order chi connectivity index (χ1) is 19.7. The lowest BCUT2D eigenvalue weighted by atomic mass is 9.93. The second kappa shape index (κ2) is 13.7. The van der Waals surface area contributed by atoms with Gasteiger partial charge in [-0.2, -0.15) is 5.26 Å². The molecule has 0 unspecified atom stereocenters. The quantitative estimate of drug-likeness (QED) is 0.270. The molecule has 0 radical (unpaired) electrons. The number of nitrogens with zero attached hydrogens (tertiary/aromatic N) is 3. The minimum absolute atomic E-state index is 0.00365. The zero-order chi connectivity index (χ0) is 31.1. The van der Waals surface area contributed by atoms with Crippen LogP contribution in [-0.2, 0) is 19.0 Å². The topological polar surface area (TPSA) is 109 Å². The van der Waals surface area contributed by atoms with Gasteiger partial charge in [-0.05, 0) is 108 Å². The number of methoxy groups -OCH3 is 1. The van der Waals surface area contributed by atoms with Gasteiger partial charge in [-0.1, -0.05) is 12.1 Å². The van der Waals surface area contributed by atoms with E-state index in [4.69, 9.17) is 14.2 Å². The third kappa shape index (κ3) is 9.79. The van der Waals surface area contributed by atoms with E-state index in [1.54, 1.807) is 35.2 Å². The Balaban J connectivity index is 1.86. The molecule has 0 spiro atoms. The van der Waals surface area contributed by atoms with Crippen LogP contribution in [0.15, 0.2) is 42.5 Å². The van der Waals surface area contributed by atoms with Gasteiger partial charge in [-0.3, -0.25) is 4.79 Å². The fraction of sp³-hybridized carbons (Fsp3) is 0.515. The normalized spacial score (nSPS) is 14.1. The van der Waals surface area contributed by atoms with E-state index in [1.807, 2.05) is 58.6 Å². The molecule has 0 bridgehead atoms. The smallest absolute Gasteiger partial charge is 0.410 e. The third-order valence-corrected chi connectivity index (χ3v) is 6.84. The average Bonchev–Trinajstić information content (AvgIpc) is 2.93. The molecule has 9 heteroatoms. The van der Waals surface area contributed by atoms with Crippen LogP contribution < -0.4 is 4.90 Å². The minimum atomic E-state index is -0.645. The van der Waals surface area contributed by atoms with Crippen molar-refractivity contribution in [3.8, 4) is 17.2 Å². The summed E-state index contributed by atoms with van der Waals surface area (Å²) in [5.41, 5.74) is 1.83. The van der Waals surface area contributed by atoms with Crippen LogP contribution in [0.3, 0.4) is 0 Å². The molecule has 1 aliphatic heterocycles. The monoisotopic (exact) mass is 577 g/mol. The SMILES string of the molecule is COC(=O)c1cc(-c2cccc(C#N)c2)cc(N(CCC2CCN(C(=O)OC(C)(C)C)CC2)CC(=O)OC(C)(C)C)c1. The van der Waals surface area contributed by atoms with Crippen LogP contribution >= 0.6 is 0 Å². The summed E-state index contributed by atoms with van der Waals surface area (Å²) in [6, 6.07) is 14.7. The number of amides is 1. The Morgan fingerprint density at radius 3 is 2.21 bits per heavy atom. The van der Waals surface area contributed by atoms with Crippen molar-refractivity contribution in [1.29, 1.82) is 5.26 Å². The summed E-state index contributed by atoms with van der Waals surface area (Å²) in [7, 11) is 1.33. The standard InChI is InChI=1S/C33H43N3O6/c1-32(2,3)41-29(37)22-36(16-13-23-11-14-35(15-12-23)31(39)42-33(4,5)6)28-19-26(18-27(20-28)30(38)40-7)25-10-8-9-24(17-25)21-34/h8-10,17-20,23H,11-16,22H2,1-7H3. The van der Waals surface area contributed by atoms with Crippen molar-refractivity contribution in [1.82, 2.24) is 4.90 Å². The molecule has 0 aliphatic carbocycles. The maximum Gasteiger partial charge on any atom is 0.410 e. The van der Waals surface area contributed by atoms with E-state index in [2.05, 4.69) is 6.07 Å². The first-order valence-electron chi connectivity index (χ1n) is 14.4. The molecular formula is C33H43N3O6. The van der Waals surface area contributed by atoms with E-state index in [9.17, 15) is 19.6 Å². The molecule has 1 aliphatic rings. The van der Waals surface area contributed by atoms with Gasteiger partial charge >= 0.3 is 18.0 Å². The fourth-order valence-electron chi connectivity index (χ4n) is 4.86. The van der Waals surface area contributed by atoms with Crippen molar-refractivity contribution in [3.63, 3.8) is 0 Å². The number of piperidine rings is 1. The molecule has 3 rings (SSSR count). The number of benzene rings is 2. The number of hydrogen-bond donors (Lipinski definition) is 0. The van der Waals surface area contributed by atoms with Gasteiger partial charge in [0.2, 0.25) is 0 Å². The Hall–Kier alpha value is -4.06. The number of nitriles is 1. The highest BCUT2D eigenvalue weighted by atomic mass is 16.6. The van der Waals surface area contributed by atoms with E-state index in [0.717, 1.165) is 30.4 Å². The van der Waals surface area contributed by atoms with Gasteiger partial charge in [0, 0.05) is 25.3 Å². The zero-order valence-electron chi connectivity index (χ0n) is 25.9. The molecule has 42 heavy (non-hydrogen) atoms. The van der Waals surface area contributed by atoms with Crippen LogP contribution in [0.2, 0.25) is 0 Å². The Kier molecular flexibility index (Phi) is 10.6. The predicted octanol–water partition coefficient (Wildman–Crippen LogP) is 6.20. The second-order valence-electron chi connectivity index (χ2n) is 12.7. The first kappa shape index (κ1) is 32.5. The highest BCUT2D eigenvalue weighted by Crippen LogP contribution is 2.30. The summed E-state index contributed by atoms with van der Waals surface area (Å²) in [4.78, 5) is 41.8. The largest absolute Gasteiger partial charge is 0.465 e. The average molecular weight is 578 g/mol. The molecule has 0 atom stereocenters. The molecule has 1 saturated heterocycles. The Bertz CT molecular complexity index is 1310. The number of carbonyl (C=O) groups excluding carboxylic acids is 3. The van der Waals surface area contributed by atoms with Gasteiger partial charge in [-0.25, -0.2) is 9.59 Å². The van der Waals surface area contributed by atoms with Gasteiger partial charge in [0.15, 0.2) is 0 Å². The molecule has 0 N–H and O–H groups in total. The van der Waals surface area contributed by atoms with E-state index >= 15 is 0 Å². The van der Waals surface area contributed by atoms with Crippen LogP contribution in [0.1, 0.15) is 76.7 Å². The second-order valence-corrected chi connectivity index (χ2v) is 12.7. The fourth-order valence-corrected chi connectivity index (χ4v) is 4.86. The van der Waals surface area contributed by atoms with Crippen molar-refractivity contribution in [2.45, 2.75) is 72.0 Å². The molecule has 1 heterocycles. The maximum atomic E-state index is 13.0. The van der Waals surface area contributed by atoms with Crippen LogP contribution in [0.5, 0.6) is 0 Å².